The Morgan fingerprint density at radius 1 is 1.24 bits per heavy atom. The molecule has 1 aliphatic rings. The van der Waals surface area contributed by atoms with Crippen LogP contribution < -0.4 is 0 Å². The average Bonchev–Trinajstić information content (AvgIpc) is 2.30. The summed E-state index contributed by atoms with van der Waals surface area (Å²) in [5.41, 5.74) is 1.34. The summed E-state index contributed by atoms with van der Waals surface area (Å²) in [7, 11) is 0. The Hall–Kier alpha value is -0.0100. The molecule has 1 aliphatic carbocycles. The van der Waals surface area contributed by atoms with Gasteiger partial charge in [-0.05, 0) is 36.5 Å². The summed E-state index contributed by atoms with van der Waals surface area (Å²) in [6.45, 7) is 0. The molecule has 94 valence electrons. The molecule has 1 aromatic carbocycles. The maximum absolute atomic E-state index is 6.00. The molecule has 0 amide bonds. The predicted molar refractivity (Wildman–Crippen MR) is 79.1 cm³/mol. The summed E-state index contributed by atoms with van der Waals surface area (Å²) in [5.74, 6) is 0.937. The normalized spacial score (nSPS) is 19.2. The molecule has 0 aromatic heterocycles. The Labute approximate surface area is 118 Å². The minimum Gasteiger partial charge on any atom is -0.0887 e. The fourth-order valence-electron chi connectivity index (χ4n) is 2.79. The molecular weight excluding hydrogens is 296 g/mol. The van der Waals surface area contributed by atoms with E-state index in [1.807, 2.05) is 12.1 Å². The molecule has 0 nitrogen and oxygen atoms in total. The van der Waals surface area contributed by atoms with E-state index in [0.29, 0.717) is 4.83 Å². The van der Waals surface area contributed by atoms with Crippen molar-refractivity contribution in [3.8, 4) is 0 Å². The summed E-state index contributed by atoms with van der Waals surface area (Å²) in [6.07, 6.45) is 9.57. The molecule has 0 heterocycles. The zero-order valence-corrected chi connectivity index (χ0v) is 12.5. The van der Waals surface area contributed by atoms with E-state index >= 15 is 0 Å². The van der Waals surface area contributed by atoms with Gasteiger partial charge in [0.05, 0.1) is 0 Å². The van der Waals surface area contributed by atoms with Gasteiger partial charge >= 0.3 is 0 Å². The first-order chi connectivity index (χ1) is 8.24. The first-order valence-corrected chi connectivity index (χ1v) is 7.92. The summed E-state index contributed by atoms with van der Waals surface area (Å²) in [6, 6.07) is 8.23. The third-order valence-corrected chi connectivity index (χ3v) is 4.59. The van der Waals surface area contributed by atoms with Gasteiger partial charge in [-0.2, -0.15) is 0 Å². The molecule has 0 bridgehead atoms. The molecule has 1 fully saturated rings. The van der Waals surface area contributed by atoms with E-state index < -0.39 is 0 Å². The number of alkyl halides is 1. The lowest BCUT2D eigenvalue weighted by molar-refractivity contribution is 0.337. The van der Waals surface area contributed by atoms with Crippen molar-refractivity contribution in [2.75, 3.05) is 0 Å². The Morgan fingerprint density at radius 3 is 2.71 bits per heavy atom. The van der Waals surface area contributed by atoms with Gasteiger partial charge in [-0.1, -0.05) is 71.8 Å². The summed E-state index contributed by atoms with van der Waals surface area (Å²) < 4.78 is 0. The Morgan fingerprint density at radius 2 is 2.00 bits per heavy atom. The minimum atomic E-state index is 0.601. The van der Waals surface area contributed by atoms with Crippen molar-refractivity contribution in [3.05, 3.63) is 34.9 Å². The van der Waals surface area contributed by atoms with E-state index in [9.17, 15) is 0 Å². The van der Waals surface area contributed by atoms with Gasteiger partial charge < -0.3 is 0 Å². The van der Waals surface area contributed by atoms with Crippen LogP contribution in [0.1, 0.15) is 44.1 Å². The Balaban J connectivity index is 1.82. The van der Waals surface area contributed by atoms with E-state index in [4.69, 9.17) is 11.6 Å². The number of benzene rings is 1. The van der Waals surface area contributed by atoms with Crippen molar-refractivity contribution in [1.29, 1.82) is 0 Å². The SMILES string of the molecule is Clc1cccc(CC(Br)CC2CCCCC2)c1. The second-order valence-corrected chi connectivity index (χ2v) is 6.90. The van der Waals surface area contributed by atoms with Gasteiger partial charge in [-0.3, -0.25) is 0 Å². The zero-order chi connectivity index (χ0) is 12.1. The molecule has 0 N–H and O–H groups in total. The molecule has 2 rings (SSSR count). The highest BCUT2D eigenvalue weighted by atomic mass is 79.9. The third kappa shape index (κ3) is 4.63. The van der Waals surface area contributed by atoms with Crippen molar-refractivity contribution in [2.45, 2.75) is 49.8 Å². The Bertz CT molecular complexity index is 345. The van der Waals surface area contributed by atoms with Crippen molar-refractivity contribution in [1.82, 2.24) is 0 Å². The van der Waals surface area contributed by atoms with Crippen LogP contribution in [0, 0.1) is 5.92 Å². The summed E-state index contributed by atoms with van der Waals surface area (Å²) in [5, 5.41) is 0.847. The van der Waals surface area contributed by atoms with Crippen LogP contribution in [0.2, 0.25) is 5.02 Å². The molecule has 1 saturated carbocycles. The van der Waals surface area contributed by atoms with Crippen LogP contribution in [0.4, 0.5) is 0 Å². The van der Waals surface area contributed by atoms with Gasteiger partial charge in [0, 0.05) is 9.85 Å². The first kappa shape index (κ1) is 13.4. The lowest BCUT2D eigenvalue weighted by Gasteiger charge is -2.23. The molecule has 2 heteroatoms. The lowest BCUT2D eigenvalue weighted by atomic mass is 9.85. The predicted octanol–water partition coefficient (Wildman–Crippen LogP) is 5.62. The van der Waals surface area contributed by atoms with Gasteiger partial charge in [0.1, 0.15) is 0 Å². The lowest BCUT2D eigenvalue weighted by Crippen LogP contribution is -2.13. The second-order valence-electron chi connectivity index (χ2n) is 5.17. The summed E-state index contributed by atoms with van der Waals surface area (Å²) in [4.78, 5) is 0.601. The number of hydrogen-bond acceptors (Lipinski definition) is 0. The van der Waals surface area contributed by atoms with Crippen LogP contribution >= 0.6 is 27.5 Å². The summed E-state index contributed by atoms with van der Waals surface area (Å²) >= 11 is 9.84. The Kier molecular flexibility index (Phi) is 5.37. The smallest absolute Gasteiger partial charge is 0.0408 e. The fraction of sp³-hybridized carbons (Fsp3) is 0.600. The van der Waals surface area contributed by atoms with Crippen molar-refractivity contribution in [2.24, 2.45) is 5.92 Å². The highest BCUT2D eigenvalue weighted by molar-refractivity contribution is 9.09. The molecule has 0 spiro atoms. The molecule has 1 atom stereocenters. The highest BCUT2D eigenvalue weighted by Gasteiger charge is 2.17. The topological polar surface area (TPSA) is 0 Å². The second kappa shape index (κ2) is 6.80. The zero-order valence-electron chi connectivity index (χ0n) is 10.2. The quantitative estimate of drug-likeness (QED) is 0.633. The van der Waals surface area contributed by atoms with E-state index in [2.05, 4.69) is 28.1 Å². The number of rotatable bonds is 4. The van der Waals surface area contributed by atoms with Crippen LogP contribution in [-0.2, 0) is 6.42 Å². The van der Waals surface area contributed by atoms with Crippen LogP contribution in [0.25, 0.3) is 0 Å². The van der Waals surface area contributed by atoms with E-state index in [1.54, 1.807) is 0 Å². The van der Waals surface area contributed by atoms with Crippen molar-refractivity contribution in [3.63, 3.8) is 0 Å². The van der Waals surface area contributed by atoms with Gasteiger partial charge in [0.2, 0.25) is 0 Å². The third-order valence-electron chi connectivity index (χ3n) is 3.66. The van der Waals surface area contributed by atoms with Crippen molar-refractivity contribution >= 4 is 27.5 Å². The highest BCUT2D eigenvalue weighted by Crippen LogP contribution is 2.30. The maximum Gasteiger partial charge on any atom is 0.0408 e. The number of halogens is 2. The first-order valence-electron chi connectivity index (χ1n) is 6.62. The molecule has 1 unspecified atom stereocenters. The molecular formula is C15H20BrCl. The fourth-order valence-corrected chi connectivity index (χ4v) is 3.90. The molecule has 0 aliphatic heterocycles. The standard InChI is InChI=1S/C15H20BrCl/c16-14(9-12-5-2-1-3-6-12)10-13-7-4-8-15(17)11-13/h4,7-8,11-12,14H,1-3,5-6,9-10H2. The molecule has 1 aromatic rings. The van der Waals surface area contributed by atoms with E-state index in [0.717, 1.165) is 17.4 Å². The van der Waals surface area contributed by atoms with Crippen LogP contribution in [0.15, 0.2) is 24.3 Å². The minimum absolute atomic E-state index is 0.601. The van der Waals surface area contributed by atoms with Gasteiger partial charge in [-0.25, -0.2) is 0 Å². The van der Waals surface area contributed by atoms with Gasteiger partial charge in [-0.15, -0.1) is 0 Å². The van der Waals surface area contributed by atoms with Gasteiger partial charge in [0.15, 0.2) is 0 Å². The number of hydrogen-bond donors (Lipinski definition) is 0. The maximum atomic E-state index is 6.00. The molecule has 0 saturated heterocycles. The van der Waals surface area contributed by atoms with E-state index in [1.165, 1.54) is 44.1 Å². The van der Waals surface area contributed by atoms with Crippen LogP contribution in [0.5, 0.6) is 0 Å². The van der Waals surface area contributed by atoms with E-state index in [-0.39, 0.29) is 0 Å². The van der Waals surface area contributed by atoms with Crippen LogP contribution in [0.3, 0.4) is 0 Å². The average molecular weight is 316 g/mol. The van der Waals surface area contributed by atoms with Gasteiger partial charge in [0.25, 0.3) is 0 Å². The largest absolute Gasteiger partial charge is 0.0887 e. The molecule has 17 heavy (non-hydrogen) atoms. The molecule has 0 radical (unpaired) electrons. The monoisotopic (exact) mass is 314 g/mol. The van der Waals surface area contributed by atoms with Crippen molar-refractivity contribution < 1.29 is 0 Å². The van der Waals surface area contributed by atoms with Crippen LogP contribution in [-0.4, -0.2) is 4.83 Å².